The molecule has 1 aromatic rings. The van der Waals surface area contributed by atoms with Crippen molar-refractivity contribution in [3.63, 3.8) is 0 Å². The van der Waals surface area contributed by atoms with Crippen LogP contribution in [0.15, 0.2) is 18.2 Å². The van der Waals surface area contributed by atoms with Gasteiger partial charge in [0.2, 0.25) is 0 Å². The van der Waals surface area contributed by atoms with Crippen LogP contribution in [-0.2, 0) is 10.2 Å². The van der Waals surface area contributed by atoms with E-state index in [0.29, 0.717) is 5.56 Å². The van der Waals surface area contributed by atoms with E-state index < -0.39 is 10.2 Å². The first-order chi connectivity index (χ1) is 8.65. The quantitative estimate of drug-likeness (QED) is 0.813. The SMILES string of the molecule is CC(C)N(C)S(=O)(=O)Nc1ccc(C(N)=S)cc1Cl. The van der Waals surface area contributed by atoms with Crippen molar-refractivity contribution < 1.29 is 8.42 Å². The number of nitrogens with zero attached hydrogens (tertiary/aromatic N) is 1. The van der Waals surface area contributed by atoms with Crippen molar-refractivity contribution in [2.75, 3.05) is 11.8 Å². The van der Waals surface area contributed by atoms with Gasteiger partial charge in [-0.1, -0.05) is 23.8 Å². The molecule has 0 unspecified atom stereocenters. The minimum atomic E-state index is -3.63. The fourth-order valence-corrected chi connectivity index (χ4v) is 2.81. The summed E-state index contributed by atoms with van der Waals surface area (Å²) in [4.78, 5) is 0.204. The highest BCUT2D eigenvalue weighted by Crippen LogP contribution is 2.24. The van der Waals surface area contributed by atoms with Gasteiger partial charge in [-0.2, -0.15) is 12.7 Å². The van der Waals surface area contributed by atoms with E-state index in [1.165, 1.54) is 23.5 Å². The molecule has 106 valence electrons. The molecule has 0 saturated heterocycles. The molecule has 0 heterocycles. The van der Waals surface area contributed by atoms with Crippen molar-refractivity contribution in [2.24, 2.45) is 5.73 Å². The Hall–Kier alpha value is -0.890. The van der Waals surface area contributed by atoms with Crippen molar-refractivity contribution in [1.82, 2.24) is 4.31 Å². The van der Waals surface area contributed by atoms with Gasteiger partial charge in [-0.15, -0.1) is 0 Å². The Morgan fingerprint density at radius 3 is 2.47 bits per heavy atom. The molecule has 0 aliphatic heterocycles. The zero-order chi connectivity index (χ0) is 14.8. The van der Waals surface area contributed by atoms with Gasteiger partial charge in [0.25, 0.3) is 0 Å². The van der Waals surface area contributed by atoms with Gasteiger partial charge in [-0.05, 0) is 32.0 Å². The Bertz CT molecular complexity index is 588. The van der Waals surface area contributed by atoms with Crippen LogP contribution in [0.3, 0.4) is 0 Å². The number of thiocarbonyl (C=S) groups is 1. The highest BCUT2D eigenvalue weighted by molar-refractivity contribution is 7.90. The molecule has 0 saturated carbocycles. The third-order valence-corrected chi connectivity index (χ3v) is 4.81. The Morgan fingerprint density at radius 1 is 1.47 bits per heavy atom. The minimum Gasteiger partial charge on any atom is -0.389 e. The summed E-state index contributed by atoms with van der Waals surface area (Å²) in [6, 6.07) is 4.51. The maximum Gasteiger partial charge on any atom is 0.301 e. The van der Waals surface area contributed by atoms with Crippen LogP contribution in [0.25, 0.3) is 0 Å². The highest BCUT2D eigenvalue weighted by atomic mass is 35.5. The van der Waals surface area contributed by atoms with Crippen LogP contribution in [0.1, 0.15) is 19.4 Å². The first-order valence-electron chi connectivity index (χ1n) is 5.50. The summed E-state index contributed by atoms with van der Waals surface area (Å²) in [5.41, 5.74) is 6.34. The number of hydrogen-bond acceptors (Lipinski definition) is 3. The molecule has 0 atom stereocenters. The van der Waals surface area contributed by atoms with Crippen LogP contribution in [0.4, 0.5) is 5.69 Å². The zero-order valence-electron chi connectivity index (χ0n) is 10.8. The van der Waals surface area contributed by atoms with Gasteiger partial charge in [0.1, 0.15) is 4.99 Å². The molecule has 0 bridgehead atoms. The second-order valence-electron chi connectivity index (χ2n) is 4.28. The Kier molecular flexibility index (Phi) is 5.14. The number of nitrogens with two attached hydrogens (primary N) is 1. The first kappa shape index (κ1) is 16.2. The average Bonchev–Trinajstić information content (AvgIpc) is 2.30. The van der Waals surface area contributed by atoms with Crippen LogP contribution in [0.5, 0.6) is 0 Å². The Labute approximate surface area is 123 Å². The molecule has 5 nitrogen and oxygen atoms in total. The molecule has 8 heteroatoms. The van der Waals surface area contributed by atoms with Crippen LogP contribution < -0.4 is 10.5 Å². The van der Waals surface area contributed by atoms with Crippen molar-refractivity contribution in [3.05, 3.63) is 28.8 Å². The van der Waals surface area contributed by atoms with Gasteiger partial charge < -0.3 is 5.73 Å². The molecule has 0 aliphatic carbocycles. The average molecular weight is 322 g/mol. The Morgan fingerprint density at radius 2 is 2.05 bits per heavy atom. The number of rotatable bonds is 5. The predicted molar refractivity (Wildman–Crippen MR) is 82.8 cm³/mol. The molecule has 0 amide bonds. The van der Waals surface area contributed by atoms with Gasteiger partial charge in [-0.25, -0.2) is 0 Å². The van der Waals surface area contributed by atoms with Crippen molar-refractivity contribution in [3.8, 4) is 0 Å². The highest BCUT2D eigenvalue weighted by Gasteiger charge is 2.21. The fraction of sp³-hybridized carbons (Fsp3) is 0.364. The van der Waals surface area contributed by atoms with E-state index in [-0.39, 0.29) is 21.7 Å². The molecular weight excluding hydrogens is 306 g/mol. The maximum atomic E-state index is 12.0. The van der Waals surface area contributed by atoms with E-state index in [2.05, 4.69) is 4.72 Å². The van der Waals surface area contributed by atoms with E-state index in [0.717, 1.165) is 0 Å². The van der Waals surface area contributed by atoms with Gasteiger partial charge in [0.05, 0.1) is 10.7 Å². The van der Waals surface area contributed by atoms with Crippen molar-refractivity contribution in [1.29, 1.82) is 0 Å². The van der Waals surface area contributed by atoms with Crippen LogP contribution in [0.2, 0.25) is 5.02 Å². The van der Waals surface area contributed by atoms with E-state index in [1.54, 1.807) is 19.9 Å². The molecule has 1 rings (SSSR count). The molecule has 3 N–H and O–H groups in total. The topological polar surface area (TPSA) is 75.4 Å². The number of benzene rings is 1. The largest absolute Gasteiger partial charge is 0.389 e. The lowest BCUT2D eigenvalue weighted by molar-refractivity contribution is 0.414. The molecular formula is C11H16ClN3O2S2. The van der Waals surface area contributed by atoms with Gasteiger partial charge in [0.15, 0.2) is 0 Å². The van der Waals surface area contributed by atoms with E-state index >= 15 is 0 Å². The number of halogens is 1. The predicted octanol–water partition coefficient (Wildman–Crippen LogP) is 1.97. The number of hydrogen-bond donors (Lipinski definition) is 2. The van der Waals surface area contributed by atoms with E-state index in [4.69, 9.17) is 29.6 Å². The summed E-state index contributed by atoms with van der Waals surface area (Å²) >= 11 is 10.8. The van der Waals surface area contributed by atoms with Crippen LogP contribution in [0, 0.1) is 0 Å². The Balaban J connectivity index is 3.04. The molecule has 1 aromatic carbocycles. The van der Waals surface area contributed by atoms with E-state index in [1.807, 2.05) is 0 Å². The summed E-state index contributed by atoms with van der Waals surface area (Å²) in [6.07, 6.45) is 0. The lowest BCUT2D eigenvalue weighted by Gasteiger charge is -2.22. The second-order valence-corrected chi connectivity index (χ2v) is 6.85. The first-order valence-corrected chi connectivity index (χ1v) is 7.73. The third kappa shape index (κ3) is 4.04. The van der Waals surface area contributed by atoms with Gasteiger partial charge in [-0.3, -0.25) is 4.72 Å². The molecule has 19 heavy (non-hydrogen) atoms. The lowest BCUT2D eigenvalue weighted by atomic mass is 10.2. The maximum absolute atomic E-state index is 12.0. The summed E-state index contributed by atoms with van der Waals surface area (Å²) in [7, 11) is -2.14. The summed E-state index contributed by atoms with van der Waals surface area (Å²) in [6.45, 7) is 3.55. The summed E-state index contributed by atoms with van der Waals surface area (Å²) in [5.74, 6) is 0. The lowest BCUT2D eigenvalue weighted by Crippen LogP contribution is -2.37. The van der Waals surface area contributed by atoms with E-state index in [9.17, 15) is 8.42 Å². The smallest absolute Gasteiger partial charge is 0.301 e. The van der Waals surface area contributed by atoms with Gasteiger partial charge >= 0.3 is 10.2 Å². The number of nitrogens with one attached hydrogen (secondary N) is 1. The molecule has 0 spiro atoms. The molecule has 0 aliphatic rings. The summed E-state index contributed by atoms with van der Waals surface area (Å²) in [5, 5.41) is 0.242. The molecule has 0 fully saturated rings. The van der Waals surface area contributed by atoms with Crippen LogP contribution >= 0.6 is 23.8 Å². The standard InChI is InChI=1S/C11H16ClN3O2S2/c1-7(2)15(3)19(16,17)14-10-5-4-8(11(13)18)6-9(10)12/h4-7,14H,1-3H3,(H2,13,18). The molecule has 0 radical (unpaired) electrons. The normalized spacial score (nSPS) is 11.9. The second kappa shape index (κ2) is 6.04. The summed E-state index contributed by atoms with van der Waals surface area (Å²) < 4.78 is 27.7. The number of anilines is 1. The van der Waals surface area contributed by atoms with Crippen molar-refractivity contribution >= 4 is 44.7 Å². The molecule has 0 aromatic heterocycles. The van der Waals surface area contributed by atoms with Crippen molar-refractivity contribution in [2.45, 2.75) is 19.9 Å². The fourth-order valence-electron chi connectivity index (χ4n) is 1.24. The van der Waals surface area contributed by atoms with Gasteiger partial charge in [0, 0.05) is 18.7 Å². The zero-order valence-corrected chi connectivity index (χ0v) is 13.2. The minimum absolute atomic E-state index is 0.160. The third-order valence-electron chi connectivity index (χ3n) is 2.60. The monoisotopic (exact) mass is 321 g/mol. The van der Waals surface area contributed by atoms with Crippen LogP contribution in [-0.4, -0.2) is 30.8 Å².